The molecular formula is C17H22N4O4S. The molecule has 1 aliphatic rings. The minimum Gasteiger partial charge on any atom is -0.360 e. The highest BCUT2D eigenvalue weighted by molar-refractivity contribution is 7.89. The van der Waals surface area contributed by atoms with Crippen LogP contribution < -0.4 is 5.32 Å². The average molecular weight is 378 g/mol. The largest absolute Gasteiger partial charge is 0.360 e. The molecule has 0 spiro atoms. The van der Waals surface area contributed by atoms with Crippen molar-refractivity contribution in [1.29, 1.82) is 0 Å². The average Bonchev–Trinajstić information content (AvgIpc) is 3.00. The quantitative estimate of drug-likeness (QED) is 0.846. The van der Waals surface area contributed by atoms with Crippen LogP contribution in [0, 0.1) is 6.92 Å². The van der Waals surface area contributed by atoms with Crippen LogP contribution in [0.15, 0.2) is 39.8 Å². The summed E-state index contributed by atoms with van der Waals surface area (Å²) in [6, 6.07) is 8.11. The molecule has 0 radical (unpaired) electrons. The molecule has 1 amide bonds. The zero-order valence-corrected chi connectivity index (χ0v) is 15.6. The highest BCUT2D eigenvalue weighted by Gasteiger charge is 2.28. The summed E-state index contributed by atoms with van der Waals surface area (Å²) in [4.78, 5) is 13.4. The second-order valence-electron chi connectivity index (χ2n) is 6.32. The minimum atomic E-state index is -3.54. The standard InChI is InChI=1S/C17H22N4O4S/c1-13-11-16(25-19-13)12-20-7-9-21(10-8-20)26(23,24)17-5-3-15(4-6-17)18-14(2)22/h3-6,11H,7-10,12H2,1-2H3,(H,18,22). The van der Waals surface area contributed by atoms with Gasteiger partial charge in [0, 0.05) is 44.9 Å². The van der Waals surface area contributed by atoms with Crippen LogP contribution in [0.5, 0.6) is 0 Å². The fraction of sp³-hybridized carbons (Fsp3) is 0.412. The molecule has 1 saturated heterocycles. The van der Waals surface area contributed by atoms with Gasteiger partial charge in [-0.05, 0) is 31.2 Å². The number of aryl methyl sites for hydroxylation is 1. The Hall–Kier alpha value is -2.23. The fourth-order valence-electron chi connectivity index (χ4n) is 2.90. The number of aromatic nitrogens is 1. The van der Waals surface area contributed by atoms with Crippen molar-refractivity contribution >= 4 is 21.6 Å². The summed E-state index contributed by atoms with van der Waals surface area (Å²) in [7, 11) is -3.54. The Labute approximate surface area is 152 Å². The Bertz CT molecular complexity index is 868. The maximum atomic E-state index is 12.8. The first-order valence-corrected chi connectivity index (χ1v) is 9.81. The summed E-state index contributed by atoms with van der Waals surface area (Å²) >= 11 is 0. The van der Waals surface area contributed by atoms with Crippen LogP contribution in [0.3, 0.4) is 0 Å². The lowest BCUT2D eigenvalue weighted by Crippen LogP contribution is -2.48. The predicted molar refractivity (Wildman–Crippen MR) is 96.0 cm³/mol. The first-order chi connectivity index (χ1) is 12.3. The number of hydrogen-bond acceptors (Lipinski definition) is 6. The van der Waals surface area contributed by atoms with E-state index in [0.29, 0.717) is 38.4 Å². The van der Waals surface area contributed by atoms with E-state index in [4.69, 9.17) is 4.52 Å². The molecule has 0 unspecified atom stereocenters. The van der Waals surface area contributed by atoms with Gasteiger partial charge in [-0.3, -0.25) is 9.69 Å². The van der Waals surface area contributed by atoms with E-state index in [1.807, 2.05) is 13.0 Å². The number of nitrogens with one attached hydrogen (secondary N) is 1. The molecule has 26 heavy (non-hydrogen) atoms. The topological polar surface area (TPSA) is 95.8 Å². The number of carbonyl (C=O) groups excluding carboxylic acids is 1. The summed E-state index contributed by atoms with van der Waals surface area (Å²) in [5.74, 6) is 0.589. The summed E-state index contributed by atoms with van der Waals surface area (Å²) in [6.07, 6.45) is 0. The second-order valence-corrected chi connectivity index (χ2v) is 8.26. The van der Waals surface area contributed by atoms with Gasteiger partial charge >= 0.3 is 0 Å². The molecular weight excluding hydrogens is 356 g/mol. The number of nitrogens with zero attached hydrogens (tertiary/aromatic N) is 3. The van der Waals surface area contributed by atoms with E-state index in [2.05, 4.69) is 15.4 Å². The number of benzene rings is 1. The molecule has 0 atom stereocenters. The first-order valence-electron chi connectivity index (χ1n) is 8.37. The molecule has 9 heteroatoms. The molecule has 140 valence electrons. The number of rotatable bonds is 5. The van der Waals surface area contributed by atoms with Crippen LogP contribution in [0.2, 0.25) is 0 Å². The molecule has 1 N–H and O–H groups in total. The van der Waals surface area contributed by atoms with Gasteiger partial charge in [0.15, 0.2) is 5.76 Å². The Kier molecular flexibility index (Phi) is 5.40. The van der Waals surface area contributed by atoms with Crippen molar-refractivity contribution in [1.82, 2.24) is 14.4 Å². The lowest BCUT2D eigenvalue weighted by molar-refractivity contribution is -0.114. The monoisotopic (exact) mass is 378 g/mol. The number of anilines is 1. The smallest absolute Gasteiger partial charge is 0.243 e. The van der Waals surface area contributed by atoms with Crippen LogP contribution in [0.1, 0.15) is 18.4 Å². The molecule has 1 aromatic heterocycles. The third-order valence-corrected chi connectivity index (χ3v) is 6.11. The maximum Gasteiger partial charge on any atom is 0.243 e. The zero-order valence-electron chi connectivity index (χ0n) is 14.8. The Morgan fingerprint density at radius 1 is 1.19 bits per heavy atom. The summed E-state index contributed by atoms with van der Waals surface area (Å²) < 4.78 is 32.3. The van der Waals surface area contributed by atoms with E-state index in [0.717, 1.165) is 11.5 Å². The van der Waals surface area contributed by atoms with Gasteiger partial charge < -0.3 is 9.84 Å². The highest BCUT2D eigenvalue weighted by atomic mass is 32.2. The number of amides is 1. The molecule has 0 bridgehead atoms. The minimum absolute atomic E-state index is 0.196. The Balaban J connectivity index is 1.61. The Morgan fingerprint density at radius 3 is 2.38 bits per heavy atom. The van der Waals surface area contributed by atoms with E-state index >= 15 is 0 Å². The first kappa shape index (κ1) is 18.6. The van der Waals surface area contributed by atoms with E-state index in [1.165, 1.54) is 23.4 Å². The van der Waals surface area contributed by atoms with Crippen LogP contribution in [0.25, 0.3) is 0 Å². The maximum absolute atomic E-state index is 12.8. The van der Waals surface area contributed by atoms with Crippen LogP contribution in [-0.2, 0) is 21.4 Å². The van der Waals surface area contributed by atoms with E-state index in [9.17, 15) is 13.2 Å². The van der Waals surface area contributed by atoms with Crippen molar-refractivity contribution in [3.05, 3.63) is 41.8 Å². The lowest BCUT2D eigenvalue weighted by Gasteiger charge is -2.33. The van der Waals surface area contributed by atoms with Gasteiger partial charge in [-0.1, -0.05) is 5.16 Å². The number of sulfonamides is 1. The van der Waals surface area contributed by atoms with Crippen molar-refractivity contribution in [2.24, 2.45) is 0 Å². The van der Waals surface area contributed by atoms with E-state index in [-0.39, 0.29) is 10.8 Å². The van der Waals surface area contributed by atoms with E-state index in [1.54, 1.807) is 12.1 Å². The van der Waals surface area contributed by atoms with Crippen molar-refractivity contribution < 1.29 is 17.7 Å². The van der Waals surface area contributed by atoms with Crippen molar-refractivity contribution in [2.45, 2.75) is 25.3 Å². The molecule has 2 heterocycles. The summed E-state index contributed by atoms with van der Waals surface area (Å²) in [6.45, 7) is 6.00. The normalized spacial score (nSPS) is 16.5. The SMILES string of the molecule is CC(=O)Nc1ccc(S(=O)(=O)N2CCN(Cc3cc(C)no3)CC2)cc1. The number of hydrogen-bond donors (Lipinski definition) is 1. The van der Waals surface area contributed by atoms with Gasteiger partial charge in [-0.15, -0.1) is 0 Å². The molecule has 2 aromatic rings. The fourth-order valence-corrected chi connectivity index (χ4v) is 4.32. The molecule has 1 fully saturated rings. The Morgan fingerprint density at radius 2 is 1.85 bits per heavy atom. The predicted octanol–water partition coefficient (Wildman–Crippen LogP) is 1.45. The molecule has 3 rings (SSSR count). The van der Waals surface area contributed by atoms with Crippen LogP contribution in [-0.4, -0.2) is 54.9 Å². The second kappa shape index (κ2) is 7.56. The molecule has 1 aromatic carbocycles. The number of carbonyl (C=O) groups is 1. The lowest BCUT2D eigenvalue weighted by atomic mass is 10.3. The van der Waals surface area contributed by atoms with Gasteiger partial charge in [0.2, 0.25) is 15.9 Å². The van der Waals surface area contributed by atoms with Crippen molar-refractivity contribution in [3.63, 3.8) is 0 Å². The van der Waals surface area contributed by atoms with Crippen LogP contribution >= 0.6 is 0 Å². The third-order valence-electron chi connectivity index (χ3n) is 4.20. The zero-order chi connectivity index (χ0) is 18.7. The molecule has 8 nitrogen and oxygen atoms in total. The van der Waals surface area contributed by atoms with Gasteiger partial charge in [0.1, 0.15) is 0 Å². The van der Waals surface area contributed by atoms with Crippen molar-refractivity contribution in [3.8, 4) is 0 Å². The molecule has 1 aliphatic heterocycles. The van der Waals surface area contributed by atoms with Crippen LogP contribution in [0.4, 0.5) is 5.69 Å². The van der Waals surface area contributed by atoms with Gasteiger partial charge in [0.05, 0.1) is 17.1 Å². The molecule has 0 saturated carbocycles. The van der Waals surface area contributed by atoms with Gasteiger partial charge in [0.25, 0.3) is 0 Å². The number of piperazine rings is 1. The van der Waals surface area contributed by atoms with Crippen molar-refractivity contribution in [2.75, 3.05) is 31.5 Å². The molecule has 0 aliphatic carbocycles. The van der Waals surface area contributed by atoms with Gasteiger partial charge in [-0.25, -0.2) is 8.42 Å². The van der Waals surface area contributed by atoms with E-state index < -0.39 is 10.0 Å². The van der Waals surface area contributed by atoms with Gasteiger partial charge in [-0.2, -0.15) is 4.31 Å². The third kappa shape index (κ3) is 4.29. The summed E-state index contributed by atoms with van der Waals surface area (Å²) in [5.41, 5.74) is 1.41. The highest BCUT2D eigenvalue weighted by Crippen LogP contribution is 2.20. The summed E-state index contributed by atoms with van der Waals surface area (Å²) in [5, 5.41) is 6.49.